The Hall–Kier alpha value is -1.12. The minimum atomic E-state index is -4.48. The predicted molar refractivity (Wildman–Crippen MR) is 61.4 cm³/mol. The Morgan fingerprint density at radius 3 is 2.67 bits per heavy atom. The summed E-state index contributed by atoms with van der Waals surface area (Å²) in [4.78, 5) is 0.413. The van der Waals surface area contributed by atoms with Crippen molar-refractivity contribution in [2.24, 2.45) is 0 Å². The highest BCUT2D eigenvalue weighted by Crippen LogP contribution is 2.36. The number of hydrogen-bond acceptors (Lipinski definition) is 5. The molecule has 2 aromatic rings. The molecular weight excluding hydrogens is 285 g/mol. The molecule has 0 unspecified atom stereocenters. The van der Waals surface area contributed by atoms with Crippen LogP contribution in [0.25, 0.3) is 0 Å². The summed E-state index contributed by atoms with van der Waals surface area (Å²) in [5.41, 5.74) is 0.554. The molecule has 2 rings (SSSR count). The minimum absolute atomic E-state index is 0.135. The monoisotopic (exact) mass is 292 g/mol. The van der Waals surface area contributed by atoms with E-state index in [0.717, 1.165) is 17.8 Å². The van der Waals surface area contributed by atoms with E-state index >= 15 is 0 Å². The normalized spacial score (nSPS) is 11.8. The van der Waals surface area contributed by atoms with Crippen molar-refractivity contribution in [2.45, 2.75) is 22.0 Å². The molecule has 3 nitrogen and oxygen atoms in total. The first kappa shape index (κ1) is 13.3. The van der Waals surface area contributed by atoms with Crippen molar-refractivity contribution in [3.63, 3.8) is 0 Å². The summed E-state index contributed by atoms with van der Waals surface area (Å²) >= 11 is 2.36. The number of rotatable bonds is 3. The summed E-state index contributed by atoms with van der Waals surface area (Å²) in [5, 5.41) is 16.3. The maximum Gasteiger partial charge on any atom is 0.416 e. The smallest absolute Gasteiger partial charge is 0.392 e. The van der Waals surface area contributed by atoms with Gasteiger partial charge in [0.2, 0.25) is 0 Å². The van der Waals surface area contributed by atoms with Crippen LogP contribution in [0.4, 0.5) is 13.2 Å². The molecule has 0 bridgehead atoms. The highest BCUT2D eigenvalue weighted by Gasteiger charge is 2.33. The van der Waals surface area contributed by atoms with Gasteiger partial charge in [-0.3, -0.25) is 0 Å². The highest BCUT2D eigenvalue weighted by molar-refractivity contribution is 8.01. The van der Waals surface area contributed by atoms with Crippen molar-refractivity contribution in [1.29, 1.82) is 0 Å². The second kappa shape index (κ2) is 5.25. The van der Waals surface area contributed by atoms with E-state index in [9.17, 15) is 13.2 Å². The standard InChI is InChI=1S/C10H7F3N2OS2/c11-10(12,13)8-3-7(2-1-6(8)4-16)18-9-15-14-5-17-9/h1-3,5,16H,4H2. The first-order valence-corrected chi connectivity index (χ1v) is 6.45. The molecule has 0 aliphatic heterocycles. The highest BCUT2D eigenvalue weighted by atomic mass is 32.2. The maximum atomic E-state index is 12.7. The van der Waals surface area contributed by atoms with E-state index in [1.54, 1.807) is 0 Å². The first-order valence-electron chi connectivity index (χ1n) is 4.75. The van der Waals surface area contributed by atoms with Crippen molar-refractivity contribution in [2.75, 3.05) is 0 Å². The van der Waals surface area contributed by atoms with Crippen LogP contribution >= 0.6 is 23.1 Å². The van der Waals surface area contributed by atoms with Crippen LogP contribution in [0.2, 0.25) is 0 Å². The lowest BCUT2D eigenvalue weighted by Gasteiger charge is -2.12. The van der Waals surface area contributed by atoms with E-state index in [0.29, 0.717) is 9.24 Å². The lowest BCUT2D eigenvalue weighted by atomic mass is 10.1. The van der Waals surface area contributed by atoms with Crippen molar-refractivity contribution in [3.05, 3.63) is 34.8 Å². The molecule has 0 saturated heterocycles. The van der Waals surface area contributed by atoms with Crippen LogP contribution in [0.1, 0.15) is 11.1 Å². The van der Waals surface area contributed by atoms with Gasteiger partial charge in [-0.25, -0.2) is 0 Å². The van der Waals surface area contributed by atoms with Gasteiger partial charge in [-0.05, 0) is 17.7 Å². The van der Waals surface area contributed by atoms with Crippen LogP contribution in [-0.4, -0.2) is 15.3 Å². The third-order valence-electron chi connectivity index (χ3n) is 2.10. The van der Waals surface area contributed by atoms with Gasteiger partial charge in [0.05, 0.1) is 12.2 Å². The van der Waals surface area contributed by atoms with E-state index in [1.807, 2.05) is 0 Å². The third-order valence-corrected chi connectivity index (χ3v) is 3.87. The van der Waals surface area contributed by atoms with Gasteiger partial charge in [0.25, 0.3) is 0 Å². The fraction of sp³-hybridized carbons (Fsp3) is 0.200. The number of halogens is 3. The van der Waals surface area contributed by atoms with Crippen LogP contribution in [0.15, 0.2) is 32.9 Å². The molecule has 0 aliphatic rings. The Kier molecular flexibility index (Phi) is 3.88. The van der Waals surface area contributed by atoms with Gasteiger partial charge in [0.1, 0.15) is 5.51 Å². The number of aromatic nitrogens is 2. The van der Waals surface area contributed by atoms with Gasteiger partial charge in [0.15, 0.2) is 4.34 Å². The maximum absolute atomic E-state index is 12.7. The molecule has 1 N–H and O–H groups in total. The average molecular weight is 292 g/mol. The Morgan fingerprint density at radius 2 is 2.11 bits per heavy atom. The molecule has 1 heterocycles. The summed E-state index contributed by atoms with van der Waals surface area (Å²) in [7, 11) is 0. The van der Waals surface area contributed by atoms with Gasteiger partial charge in [-0.15, -0.1) is 10.2 Å². The molecule has 96 valence electrons. The van der Waals surface area contributed by atoms with Crippen molar-refractivity contribution < 1.29 is 18.3 Å². The van der Waals surface area contributed by atoms with Crippen LogP contribution in [0.5, 0.6) is 0 Å². The Balaban J connectivity index is 2.34. The zero-order valence-corrected chi connectivity index (χ0v) is 10.4. The van der Waals surface area contributed by atoms with Crippen LogP contribution in [-0.2, 0) is 12.8 Å². The van der Waals surface area contributed by atoms with Gasteiger partial charge >= 0.3 is 6.18 Å². The lowest BCUT2D eigenvalue weighted by Crippen LogP contribution is -2.09. The SMILES string of the molecule is OCc1ccc(Sc2nncs2)cc1C(F)(F)F. The fourth-order valence-corrected chi connectivity index (χ4v) is 2.82. The zero-order valence-electron chi connectivity index (χ0n) is 8.81. The molecule has 0 saturated carbocycles. The molecule has 18 heavy (non-hydrogen) atoms. The number of nitrogens with zero attached hydrogens (tertiary/aromatic N) is 2. The molecule has 0 radical (unpaired) electrons. The van der Waals surface area contributed by atoms with Crippen molar-refractivity contribution in [3.8, 4) is 0 Å². The molecule has 0 amide bonds. The molecule has 0 fully saturated rings. The predicted octanol–water partition coefficient (Wildman–Crippen LogP) is 3.20. The molecule has 1 aromatic heterocycles. The third kappa shape index (κ3) is 3.01. The molecule has 0 aliphatic carbocycles. The van der Waals surface area contributed by atoms with E-state index in [2.05, 4.69) is 10.2 Å². The van der Waals surface area contributed by atoms with Gasteiger partial charge < -0.3 is 5.11 Å². The summed E-state index contributed by atoms with van der Waals surface area (Å²) in [6, 6.07) is 3.80. The zero-order chi connectivity index (χ0) is 13.2. The van der Waals surface area contributed by atoms with E-state index in [1.165, 1.54) is 29.0 Å². The number of aliphatic hydroxyl groups is 1. The van der Waals surface area contributed by atoms with E-state index in [4.69, 9.17) is 5.11 Å². The van der Waals surface area contributed by atoms with Crippen LogP contribution in [0, 0.1) is 0 Å². The summed E-state index contributed by atoms with van der Waals surface area (Å²) in [6.07, 6.45) is -4.48. The number of alkyl halides is 3. The second-order valence-corrected chi connectivity index (χ2v) is 5.44. The number of benzene rings is 1. The molecule has 1 aromatic carbocycles. The average Bonchev–Trinajstić information content (AvgIpc) is 2.80. The summed E-state index contributed by atoms with van der Waals surface area (Å²) < 4.78 is 38.8. The topological polar surface area (TPSA) is 46.0 Å². The first-order chi connectivity index (χ1) is 8.50. The quantitative estimate of drug-likeness (QED) is 0.943. The number of hydrogen-bond donors (Lipinski definition) is 1. The van der Waals surface area contributed by atoms with Crippen molar-refractivity contribution >= 4 is 23.1 Å². The van der Waals surface area contributed by atoms with Gasteiger partial charge in [0, 0.05) is 4.90 Å². The molecule has 0 atom stereocenters. The molecule has 0 spiro atoms. The Labute approximate surface area is 109 Å². The van der Waals surface area contributed by atoms with Crippen LogP contribution in [0.3, 0.4) is 0 Å². The Morgan fingerprint density at radius 1 is 1.33 bits per heavy atom. The largest absolute Gasteiger partial charge is 0.416 e. The second-order valence-electron chi connectivity index (χ2n) is 3.28. The van der Waals surface area contributed by atoms with E-state index in [-0.39, 0.29) is 5.56 Å². The Bertz CT molecular complexity index is 528. The van der Waals surface area contributed by atoms with E-state index < -0.39 is 18.3 Å². The summed E-state index contributed by atoms with van der Waals surface area (Å²) in [6.45, 7) is -0.640. The van der Waals surface area contributed by atoms with Crippen molar-refractivity contribution in [1.82, 2.24) is 10.2 Å². The number of aliphatic hydroxyl groups excluding tert-OH is 1. The molecule has 8 heteroatoms. The molecular formula is C10H7F3N2OS2. The lowest BCUT2D eigenvalue weighted by molar-refractivity contribution is -0.138. The minimum Gasteiger partial charge on any atom is -0.392 e. The summed E-state index contributed by atoms with van der Waals surface area (Å²) in [5.74, 6) is 0. The van der Waals surface area contributed by atoms with Crippen LogP contribution < -0.4 is 0 Å². The van der Waals surface area contributed by atoms with Gasteiger partial charge in [-0.1, -0.05) is 29.2 Å². The fourth-order valence-electron chi connectivity index (χ4n) is 1.33. The van der Waals surface area contributed by atoms with Gasteiger partial charge in [-0.2, -0.15) is 13.2 Å².